The van der Waals surface area contributed by atoms with Gasteiger partial charge in [-0.15, -0.1) is 0 Å². The Hall–Kier alpha value is -2.33. The Morgan fingerprint density at radius 1 is 1.09 bits per heavy atom. The van der Waals surface area contributed by atoms with Gasteiger partial charge in [-0.25, -0.2) is 4.79 Å². The molecule has 0 aliphatic carbocycles. The zero-order valence-electron chi connectivity index (χ0n) is 12.0. The lowest BCUT2D eigenvalue weighted by Crippen LogP contribution is -2.12. The van der Waals surface area contributed by atoms with Gasteiger partial charge in [0.1, 0.15) is 5.75 Å². The topological polar surface area (TPSA) is 52.6 Å². The minimum Gasteiger partial charge on any atom is -0.466 e. The van der Waals surface area contributed by atoms with E-state index in [1.54, 1.807) is 49.4 Å². The van der Waals surface area contributed by atoms with E-state index < -0.39 is 5.97 Å². The van der Waals surface area contributed by atoms with Gasteiger partial charge >= 0.3 is 11.9 Å². The fraction of sp³-hybridized carbons (Fsp3) is 0.176. The number of carbonyl (C=O) groups excluding carboxylic acids is 2. The Morgan fingerprint density at radius 3 is 2.59 bits per heavy atom. The molecule has 0 bridgehead atoms. The van der Waals surface area contributed by atoms with Crippen molar-refractivity contribution >= 4 is 23.5 Å². The Bertz CT molecular complexity index is 682. The quantitative estimate of drug-likeness (QED) is 0.623. The summed E-state index contributed by atoms with van der Waals surface area (Å²) < 4.78 is 10.3. The Labute approximate surface area is 133 Å². The number of hydrogen-bond donors (Lipinski definition) is 0. The summed E-state index contributed by atoms with van der Waals surface area (Å²) in [4.78, 5) is 23.7. The van der Waals surface area contributed by atoms with Crippen LogP contribution in [0.15, 0.2) is 48.5 Å². The molecule has 0 aliphatic rings. The maximum absolute atomic E-state index is 12.1. The first-order chi connectivity index (χ1) is 10.6. The third kappa shape index (κ3) is 4.33. The molecule has 0 radical (unpaired) electrons. The summed E-state index contributed by atoms with van der Waals surface area (Å²) in [6.07, 6.45) is 0.0485. The third-order valence-corrected chi connectivity index (χ3v) is 3.11. The van der Waals surface area contributed by atoms with Gasteiger partial charge in [0.05, 0.1) is 18.6 Å². The first-order valence-electron chi connectivity index (χ1n) is 6.81. The van der Waals surface area contributed by atoms with Gasteiger partial charge in [0.25, 0.3) is 0 Å². The highest BCUT2D eigenvalue weighted by Crippen LogP contribution is 2.21. The Balaban J connectivity index is 2.15. The highest BCUT2D eigenvalue weighted by molar-refractivity contribution is 6.30. The second kappa shape index (κ2) is 7.61. The van der Waals surface area contributed by atoms with Crippen LogP contribution in [0.1, 0.15) is 22.8 Å². The van der Waals surface area contributed by atoms with Gasteiger partial charge in [0, 0.05) is 10.6 Å². The average Bonchev–Trinajstić information content (AvgIpc) is 2.49. The van der Waals surface area contributed by atoms with Crippen molar-refractivity contribution in [2.45, 2.75) is 13.3 Å². The molecule has 2 rings (SSSR count). The molecule has 4 nitrogen and oxygen atoms in total. The molecule has 0 saturated heterocycles. The Kier molecular flexibility index (Phi) is 5.55. The molecule has 0 spiro atoms. The molecule has 0 amide bonds. The van der Waals surface area contributed by atoms with Crippen molar-refractivity contribution in [3.05, 3.63) is 64.7 Å². The number of ether oxygens (including phenoxy) is 2. The summed E-state index contributed by atoms with van der Waals surface area (Å²) >= 11 is 5.86. The predicted molar refractivity (Wildman–Crippen MR) is 83.2 cm³/mol. The molecule has 22 heavy (non-hydrogen) atoms. The number of rotatable bonds is 5. The summed E-state index contributed by atoms with van der Waals surface area (Å²) in [6, 6.07) is 13.3. The standard InChI is InChI=1S/C17H15ClO4/c1-2-21-16(19)11-12-6-3-4-9-15(12)22-17(20)13-7-5-8-14(18)10-13/h3-10H,2,11H2,1H3. The SMILES string of the molecule is CCOC(=O)Cc1ccccc1OC(=O)c1cccc(Cl)c1. The smallest absolute Gasteiger partial charge is 0.343 e. The highest BCUT2D eigenvalue weighted by atomic mass is 35.5. The summed E-state index contributed by atoms with van der Waals surface area (Å²) in [7, 11) is 0. The minimum absolute atomic E-state index is 0.0485. The zero-order chi connectivity index (χ0) is 15.9. The Morgan fingerprint density at radius 2 is 1.86 bits per heavy atom. The van der Waals surface area contributed by atoms with Gasteiger partial charge in [0.15, 0.2) is 0 Å². The normalized spacial score (nSPS) is 10.1. The fourth-order valence-electron chi connectivity index (χ4n) is 1.89. The van der Waals surface area contributed by atoms with E-state index in [0.717, 1.165) is 0 Å². The van der Waals surface area contributed by atoms with E-state index in [9.17, 15) is 9.59 Å². The number of carbonyl (C=O) groups is 2. The highest BCUT2D eigenvalue weighted by Gasteiger charge is 2.14. The second-order valence-corrected chi connectivity index (χ2v) is 4.93. The van der Waals surface area contributed by atoms with Crippen molar-refractivity contribution in [3.63, 3.8) is 0 Å². The van der Waals surface area contributed by atoms with E-state index in [2.05, 4.69) is 0 Å². The second-order valence-electron chi connectivity index (χ2n) is 4.49. The largest absolute Gasteiger partial charge is 0.466 e. The number of para-hydroxylation sites is 1. The molecule has 0 saturated carbocycles. The van der Waals surface area contributed by atoms with Crippen LogP contribution < -0.4 is 4.74 Å². The molecule has 5 heteroatoms. The third-order valence-electron chi connectivity index (χ3n) is 2.88. The lowest BCUT2D eigenvalue weighted by atomic mass is 10.1. The minimum atomic E-state index is -0.529. The predicted octanol–water partition coefficient (Wildman–Crippen LogP) is 3.66. The van der Waals surface area contributed by atoms with Gasteiger partial charge in [0.2, 0.25) is 0 Å². The summed E-state index contributed by atoms with van der Waals surface area (Å²) in [5.41, 5.74) is 0.940. The average molecular weight is 319 g/mol. The van der Waals surface area contributed by atoms with E-state index in [0.29, 0.717) is 28.5 Å². The van der Waals surface area contributed by atoms with Crippen LogP contribution in [0.4, 0.5) is 0 Å². The van der Waals surface area contributed by atoms with Gasteiger partial charge in [-0.3, -0.25) is 4.79 Å². The van der Waals surface area contributed by atoms with Gasteiger partial charge in [-0.05, 0) is 31.2 Å². The molecular formula is C17H15ClO4. The molecule has 0 atom stereocenters. The van der Waals surface area contributed by atoms with Crippen LogP contribution in [-0.4, -0.2) is 18.5 Å². The summed E-state index contributed by atoms with van der Waals surface area (Å²) in [5, 5.41) is 0.453. The monoisotopic (exact) mass is 318 g/mol. The van der Waals surface area contributed by atoms with Gasteiger partial charge in [-0.2, -0.15) is 0 Å². The molecule has 114 valence electrons. The molecule has 2 aromatic carbocycles. The molecule has 0 aliphatic heterocycles. The molecule has 2 aromatic rings. The van der Waals surface area contributed by atoms with Crippen LogP contribution in [0.3, 0.4) is 0 Å². The number of esters is 2. The van der Waals surface area contributed by atoms with Crippen molar-refractivity contribution < 1.29 is 19.1 Å². The van der Waals surface area contributed by atoms with E-state index in [-0.39, 0.29) is 12.4 Å². The van der Waals surface area contributed by atoms with Gasteiger partial charge in [-0.1, -0.05) is 35.9 Å². The van der Waals surface area contributed by atoms with Crippen LogP contribution >= 0.6 is 11.6 Å². The molecule has 0 unspecified atom stereocenters. The lowest BCUT2D eigenvalue weighted by molar-refractivity contribution is -0.142. The molecule has 0 N–H and O–H groups in total. The fourth-order valence-corrected chi connectivity index (χ4v) is 2.08. The maximum atomic E-state index is 12.1. The number of halogens is 1. The zero-order valence-corrected chi connectivity index (χ0v) is 12.8. The lowest BCUT2D eigenvalue weighted by Gasteiger charge is -2.10. The van der Waals surface area contributed by atoms with E-state index in [4.69, 9.17) is 21.1 Å². The van der Waals surface area contributed by atoms with E-state index in [1.807, 2.05) is 0 Å². The molecule has 0 fully saturated rings. The van der Waals surface area contributed by atoms with E-state index in [1.165, 1.54) is 6.07 Å². The van der Waals surface area contributed by atoms with Crippen molar-refractivity contribution in [1.29, 1.82) is 0 Å². The van der Waals surface area contributed by atoms with Crippen molar-refractivity contribution in [1.82, 2.24) is 0 Å². The maximum Gasteiger partial charge on any atom is 0.343 e. The van der Waals surface area contributed by atoms with Crippen LogP contribution in [0, 0.1) is 0 Å². The first-order valence-corrected chi connectivity index (χ1v) is 7.19. The van der Waals surface area contributed by atoms with Crippen LogP contribution in [0.2, 0.25) is 5.02 Å². The van der Waals surface area contributed by atoms with Gasteiger partial charge < -0.3 is 9.47 Å². The van der Waals surface area contributed by atoms with Crippen molar-refractivity contribution in [2.24, 2.45) is 0 Å². The first kappa shape index (κ1) is 16.0. The van der Waals surface area contributed by atoms with Crippen LogP contribution in [0.5, 0.6) is 5.75 Å². The van der Waals surface area contributed by atoms with Crippen molar-refractivity contribution in [3.8, 4) is 5.75 Å². The summed E-state index contributed by atoms with van der Waals surface area (Å²) in [5.74, 6) is -0.562. The van der Waals surface area contributed by atoms with E-state index >= 15 is 0 Å². The van der Waals surface area contributed by atoms with Crippen molar-refractivity contribution in [2.75, 3.05) is 6.61 Å². The molecule has 0 heterocycles. The number of hydrogen-bond acceptors (Lipinski definition) is 4. The molecule has 0 aromatic heterocycles. The number of benzene rings is 2. The molecular weight excluding hydrogens is 304 g/mol. The van der Waals surface area contributed by atoms with Crippen LogP contribution in [-0.2, 0) is 16.0 Å². The summed E-state index contributed by atoms with van der Waals surface area (Å²) in [6.45, 7) is 2.05. The van der Waals surface area contributed by atoms with Crippen LogP contribution in [0.25, 0.3) is 0 Å².